The van der Waals surface area contributed by atoms with Crippen LogP contribution in [-0.4, -0.2) is 62.9 Å². The molecule has 3 aromatic rings. The summed E-state index contributed by atoms with van der Waals surface area (Å²) < 4.78 is 23.6. The third-order valence-corrected chi connectivity index (χ3v) is 14.5. The van der Waals surface area contributed by atoms with Crippen LogP contribution < -0.4 is 9.47 Å². The summed E-state index contributed by atoms with van der Waals surface area (Å²) in [6.07, 6.45) is 1.20. The van der Waals surface area contributed by atoms with Crippen LogP contribution in [0.5, 0.6) is 11.5 Å². The smallest absolute Gasteiger partial charge is 0.304 e. The van der Waals surface area contributed by atoms with E-state index >= 15 is 0 Å². The Morgan fingerprint density at radius 3 is 1.82 bits per heavy atom. The first-order valence-corrected chi connectivity index (χ1v) is 18.7. The molecule has 3 aromatic carbocycles. The van der Waals surface area contributed by atoms with Gasteiger partial charge in [0.2, 0.25) is 0 Å². The molecule has 1 aliphatic rings. The molecule has 0 N–H and O–H groups in total. The van der Waals surface area contributed by atoms with Crippen molar-refractivity contribution >= 4 is 32.0 Å². The first kappa shape index (κ1) is 33.6. The number of benzene rings is 3. The molecule has 0 spiro atoms. The Morgan fingerprint density at radius 2 is 1.39 bits per heavy atom. The van der Waals surface area contributed by atoms with E-state index in [9.17, 15) is 9.59 Å². The number of thioether (sulfide) groups is 1. The van der Waals surface area contributed by atoms with Gasteiger partial charge in [0.05, 0.1) is 20.8 Å². The Kier molecular flexibility index (Phi) is 10.5. The Hall–Kier alpha value is -3.27. The van der Waals surface area contributed by atoms with Crippen molar-refractivity contribution in [1.29, 1.82) is 0 Å². The molecular weight excluding hydrogens is 591 g/mol. The molecule has 2 atom stereocenters. The Labute approximate surface area is 267 Å². The number of hydrogen-bond donors (Lipinski definition) is 0. The van der Waals surface area contributed by atoms with Crippen molar-refractivity contribution in [2.24, 2.45) is 0 Å². The molecule has 1 aliphatic heterocycles. The van der Waals surface area contributed by atoms with Gasteiger partial charge in [0.15, 0.2) is 8.32 Å². The monoisotopic (exact) mass is 635 g/mol. The Morgan fingerprint density at radius 1 is 0.886 bits per heavy atom. The summed E-state index contributed by atoms with van der Waals surface area (Å²) in [6, 6.07) is 24.8. The number of ether oxygens (including phenoxy) is 3. The molecule has 0 bridgehead atoms. The van der Waals surface area contributed by atoms with Gasteiger partial charge < -0.3 is 23.5 Å². The molecule has 1 saturated heterocycles. The average molecular weight is 636 g/mol. The second-order valence-corrected chi connectivity index (χ2v) is 18.8. The second kappa shape index (κ2) is 13.8. The van der Waals surface area contributed by atoms with E-state index in [-0.39, 0.29) is 23.6 Å². The van der Waals surface area contributed by atoms with E-state index < -0.39 is 25.3 Å². The summed E-state index contributed by atoms with van der Waals surface area (Å²) >= 11 is 1.29. The van der Waals surface area contributed by atoms with E-state index in [1.807, 2.05) is 83.8 Å². The van der Waals surface area contributed by atoms with Gasteiger partial charge in [-0.1, -0.05) is 75.0 Å². The third-order valence-electron chi connectivity index (χ3n) is 8.68. The molecule has 2 unspecified atom stereocenters. The minimum atomic E-state index is -2.22. The molecule has 0 aromatic heterocycles. The molecule has 4 rings (SSSR count). The molecule has 44 heavy (non-hydrogen) atoms. The maximum Gasteiger partial charge on any atom is 0.304 e. The van der Waals surface area contributed by atoms with Crippen molar-refractivity contribution in [3.63, 3.8) is 0 Å². The number of amides is 1. The number of esters is 1. The van der Waals surface area contributed by atoms with E-state index in [0.29, 0.717) is 12.8 Å². The lowest BCUT2D eigenvalue weighted by Gasteiger charge is -2.57. The number of carbonyl (C=O) groups is 2. The number of nitrogens with zero attached hydrogens (tertiary/aromatic N) is 1. The van der Waals surface area contributed by atoms with Crippen LogP contribution in [-0.2, 0) is 31.6 Å². The van der Waals surface area contributed by atoms with Crippen LogP contribution in [0.3, 0.4) is 0 Å². The van der Waals surface area contributed by atoms with Gasteiger partial charge in [-0.05, 0) is 78.5 Å². The van der Waals surface area contributed by atoms with Crippen LogP contribution in [0.25, 0.3) is 0 Å². The third kappa shape index (κ3) is 7.50. The maximum absolute atomic E-state index is 14.5. The number of likely N-dealkylation sites (tertiary alicyclic amines) is 1. The van der Waals surface area contributed by atoms with Gasteiger partial charge in [-0.25, -0.2) is 0 Å². The lowest BCUT2D eigenvalue weighted by Crippen LogP contribution is -2.77. The zero-order valence-corrected chi connectivity index (χ0v) is 28.9. The van der Waals surface area contributed by atoms with E-state index in [4.69, 9.17) is 18.6 Å². The Balaban J connectivity index is 1.77. The van der Waals surface area contributed by atoms with Crippen molar-refractivity contribution < 1.29 is 28.2 Å². The fourth-order valence-corrected chi connectivity index (χ4v) is 7.47. The van der Waals surface area contributed by atoms with Gasteiger partial charge in [0.1, 0.15) is 17.5 Å². The van der Waals surface area contributed by atoms with Crippen molar-refractivity contribution in [2.45, 2.75) is 80.6 Å². The minimum Gasteiger partial charge on any atom is -0.497 e. The van der Waals surface area contributed by atoms with Gasteiger partial charge >= 0.3 is 5.97 Å². The van der Waals surface area contributed by atoms with Crippen LogP contribution in [0.15, 0.2) is 83.8 Å². The van der Waals surface area contributed by atoms with Crippen molar-refractivity contribution in [1.82, 2.24) is 4.90 Å². The summed E-state index contributed by atoms with van der Waals surface area (Å²) in [7, 11) is 1.07. The van der Waals surface area contributed by atoms with Crippen molar-refractivity contribution in [3.05, 3.63) is 90.0 Å². The summed E-state index contributed by atoms with van der Waals surface area (Å²) in [5.74, 6) is 0.821. The number of rotatable bonds is 13. The highest BCUT2D eigenvalue weighted by Crippen LogP contribution is 2.50. The highest BCUT2D eigenvalue weighted by atomic mass is 32.2. The largest absolute Gasteiger partial charge is 0.497 e. The molecule has 0 aliphatic carbocycles. The minimum absolute atomic E-state index is 0.0339. The average Bonchev–Trinajstić information content (AvgIpc) is 2.98. The molecule has 236 valence electrons. The van der Waals surface area contributed by atoms with Crippen LogP contribution in [0, 0.1) is 0 Å². The normalized spacial score (nSPS) is 18.6. The first-order chi connectivity index (χ1) is 20.8. The van der Waals surface area contributed by atoms with Crippen LogP contribution >= 0.6 is 11.8 Å². The fraction of sp³-hybridized carbons (Fsp3) is 0.429. The van der Waals surface area contributed by atoms with Gasteiger partial charge in [0, 0.05) is 17.9 Å². The topological polar surface area (TPSA) is 74.3 Å². The van der Waals surface area contributed by atoms with Crippen LogP contribution in [0.1, 0.15) is 38.8 Å². The van der Waals surface area contributed by atoms with Gasteiger partial charge in [0.25, 0.3) is 10.8 Å². The van der Waals surface area contributed by atoms with Gasteiger partial charge in [-0.15, -0.1) is 0 Å². The molecule has 0 saturated carbocycles. The summed E-state index contributed by atoms with van der Waals surface area (Å²) in [6.45, 7) is 12.6. The number of methoxy groups -OCH3 is 2. The summed E-state index contributed by atoms with van der Waals surface area (Å²) in [5, 5.41) is -0.0339. The molecule has 0 radical (unpaired) electrons. The molecule has 1 fully saturated rings. The molecule has 9 heteroatoms. The summed E-state index contributed by atoms with van der Waals surface area (Å²) in [4.78, 5) is 28.4. The van der Waals surface area contributed by atoms with Crippen molar-refractivity contribution in [3.8, 4) is 11.5 Å². The van der Waals surface area contributed by atoms with E-state index in [1.54, 1.807) is 14.2 Å². The SMILES string of the molecule is COc1ccc(CC(Cc2ccc(OC)cc2)N2C(=O)C(OC(C)=O)(Sc3ccccc3)C2CO[Si](C)(C)C(C)(C)C)cc1. The zero-order valence-electron chi connectivity index (χ0n) is 27.1. The van der Waals surface area contributed by atoms with Crippen LogP contribution in [0.2, 0.25) is 18.1 Å². The summed E-state index contributed by atoms with van der Waals surface area (Å²) in [5.41, 5.74) is 2.14. The molecule has 1 heterocycles. The van der Waals surface area contributed by atoms with Crippen molar-refractivity contribution in [2.75, 3.05) is 20.8 Å². The van der Waals surface area contributed by atoms with Crippen LogP contribution in [0.4, 0.5) is 0 Å². The number of hydrogen-bond acceptors (Lipinski definition) is 7. The number of carbonyl (C=O) groups excluding carboxylic acids is 2. The molecule has 1 amide bonds. The fourth-order valence-electron chi connectivity index (χ4n) is 5.15. The quantitative estimate of drug-likeness (QED) is 0.0855. The standard InChI is InChI=1S/C35H45NO6SSi/c1-25(37)42-35(43-31-12-10-9-11-13-31)32(24-41-44(7,8)34(2,3)4)36(33(35)38)28(22-26-14-18-29(39-5)19-15-26)23-27-16-20-30(40-6)21-17-27/h9-21,28,32H,22-24H2,1-8H3. The van der Waals surface area contributed by atoms with E-state index in [1.165, 1.54) is 18.7 Å². The lowest BCUT2D eigenvalue weighted by molar-refractivity contribution is -0.196. The zero-order chi connectivity index (χ0) is 32.1. The highest BCUT2D eigenvalue weighted by Gasteiger charge is 2.66. The predicted molar refractivity (Wildman–Crippen MR) is 178 cm³/mol. The number of β-lactam (4-membered cyclic amide) rings is 1. The van der Waals surface area contributed by atoms with E-state index in [0.717, 1.165) is 27.5 Å². The molecular formula is C35H45NO6SSi. The molecule has 7 nitrogen and oxygen atoms in total. The second-order valence-electron chi connectivity index (χ2n) is 12.7. The Bertz CT molecular complexity index is 1360. The highest BCUT2D eigenvalue weighted by molar-refractivity contribution is 8.01. The van der Waals surface area contributed by atoms with E-state index in [2.05, 4.69) is 33.9 Å². The maximum atomic E-state index is 14.5. The first-order valence-electron chi connectivity index (χ1n) is 15.0. The van der Waals surface area contributed by atoms with Gasteiger partial charge in [-0.2, -0.15) is 0 Å². The predicted octanol–water partition coefficient (Wildman–Crippen LogP) is 7.14. The lowest BCUT2D eigenvalue weighted by atomic mass is 9.88. The van der Waals surface area contributed by atoms with Gasteiger partial charge in [-0.3, -0.25) is 9.59 Å².